The fraction of sp³-hybridized carbons (Fsp3) is 0.235. The lowest BCUT2D eigenvalue weighted by atomic mass is 9.98. The molecule has 0 atom stereocenters. The third kappa shape index (κ3) is 2.78. The molecule has 0 unspecified atom stereocenters. The Bertz CT molecular complexity index is 1230. The number of nitrogens with zero attached hydrogens (tertiary/aromatic N) is 3. The molecular weight excluding hydrogens is 359 g/mol. The minimum Gasteiger partial charge on any atom is -0.295 e. The molecule has 0 spiro atoms. The van der Waals surface area contributed by atoms with Crippen molar-refractivity contribution in [3.05, 3.63) is 51.7 Å². The van der Waals surface area contributed by atoms with E-state index in [2.05, 4.69) is 10.1 Å². The number of aromatic amines is 1. The molecule has 0 radical (unpaired) electrons. The van der Waals surface area contributed by atoms with E-state index < -0.39 is 21.2 Å². The van der Waals surface area contributed by atoms with Crippen LogP contribution in [0.2, 0.25) is 0 Å². The average molecular weight is 374 g/mol. The van der Waals surface area contributed by atoms with E-state index in [1.807, 2.05) is 6.07 Å². The van der Waals surface area contributed by atoms with E-state index in [9.17, 15) is 17.6 Å². The van der Waals surface area contributed by atoms with Crippen molar-refractivity contribution in [3.8, 4) is 17.3 Å². The van der Waals surface area contributed by atoms with Gasteiger partial charge in [-0.3, -0.25) is 9.89 Å². The number of H-pyrrole nitrogens is 1. The third-order valence-electron chi connectivity index (χ3n) is 4.02. The van der Waals surface area contributed by atoms with Gasteiger partial charge in [-0.15, -0.1) is 0 Å². The van der Waals surface area contributed by atoms with Crippen molar-refractivity contribution in [3.63, 3.8) is 0 Å². The van der Waals surface area contributed by atoms with Gasteiger partial charge in [-0.25, -0.2) is 22.3 Å². The topological polar surface area (TPSA) is 108 Å². The Labute approximate surface area is 148 Å². The van der Waals surface area contributed by atoms with Crippen molar-refractivity contribution < 1.29 is 12.8 Å². The van der Waals surface area contributed by atoms with Crippen LogP contribution >= 0.6 is 0 Å². The quantitative estimate of drug-likeness (QED) is 0.756. The highest BCUT2D eigenvalue weighted by atomic mass is 32.2. The molecule has 1 N–H and O–H groups in total. The van der Waals surface area contributed by atoms with Crippen LogP contribution in [0.1, 0.15) is 30.9 Å². The van der Waals surface area contributed by atoms with Gasteiger partial charge in [0.25, 0.3) is 5.56 Å². The monoisotopic (exact) mass is 374 g/mol. The molecular formula is C17H15FN4O3S. The van der Waals surface area contributed by atoms with E-state index in [0.717, 1.165) is 16.8 Å². The average Bonchev–Trinajstić information content (AvgIpc) is 2.96. The molecule has 3 aromatic rings. The first-order chi connectivity index (χ1) is 12.1. The minimum atomic E-state index is -3.57. The van der Waals surface area contributed by atoms with E-state index in [0.29, 0.717) is 0 Å². The van der Waals surface area contributed by atoms with Gasteiger partial charge in [0.2, 0.25) is 0 Å². The molecule has 2 aromatic heterocycles. The lowest BCUT2D eigenvalue weighted by molar-refractivity contribution is 0.596. The summed E-state index contributed by atoms with van der Waals surface area (Å²) >= 11 is 0. The van der Waals surface area contributed by atoms with Gasteiger partial charge < -0.3 is 0 Å². The van der Waals surface area contributed by atoms with Crippen molar-refractivity contribution in [1.29, 1.82) is 5.26 Å². The lowest BCUT2D eigenvalue weighted by Crippen LogP contribution is -2.22. The zero-order chi connectivity index (χ0) is 19.2. The molecule has 0 amide bonds. The summed E-state index contributed by atoms with van der Waals surface area (Å²) in [6.45, 7) is 3.54. The molecule has 9 heteroatoms. The first-order valence-corrected chi connectivity index (χ1v) is 9.58. The Morgan fingerprint density at radius 2 is 2.04 bits per heavy atom. The summed E-state index contributed by atoms with van der Waals surface area (Å²) in [6.07, 6.45) is 2.33. The van der Waals surface area contributed by atoms with Gasteiger partial charge in [0.1, 0.15) is 17.4 Å². The second-order valence-electron chi connectivity index (χ2n) is 6.21. The molecule has 0 saturated carbocycles. The van der Waals surface area contributed by atoms with Crippen molar-refractivity contribution in [2.24, 2.45) is 0 Å². The van der Waals surface area contributed by atoms with Crippen LogP contribution < -0.4 is 5.56 Å². The fourth-order valence-electron chi connectivity index (χ4n) is 2.75. The standard InChI is InChI=1S/C17H15FN4O3S/c1-9(2)14-15(12-5-4-11(6-13(12)18)26(3,24)25)21-16-10(7-19)8-20-22(16)17(14)23/h4-6,8-9,20H,1-3H3. The molecule has 0 aliphatic carbocycles. The summed E-state index contributed by atoms with van der Waals surface area (Å²) in [5.41, 5.74) is 0.160. The largest absolute Gasteiger partial charge is 0.295 e. The Balaban J connectivity index is 2.39. The second kappa shape index (κ2) is 6.07. The van der Waals surface area contributed by atoms with Crippen LogP contribution in [0.25, 0.3) is 16.9 Å². The predicted octanol–water partition coefficient (Wildman–Crippen LogP) is 2.23. The van der Waals surface area contributed by atoms with Gasteiger partial charge in [0.05, 0.1) is 10.6 Å². The van der Waals surface area contributed by atoms with Gasteiger partial charge in [0.15, 0.2) is 15.5 Å². The normalized spacial score (nSPS) is 11.8. The summed E-state index contributed by atoms with van der Waals surface area (Å²) in [5, 5.41) is 11.8. The zero-order valence-electron chi connectivity index (χ0n) is 14.2. The van der Waals surface area contributed by atoms with Gasteiger partial charge in [-0.2, -0.15) is 5.26 Å². The first kappa shape index (κ1) is 17.8. The number of halogens is 1. The smallest absolute Gasteiger partial charge is 0.276 e. The maximum atomic E-state index is 14.7. The first-order valence-electron chi connectivity index (χ1n) is 7.69. The van der Waals surface area contributed by atoms with Crippen molar-refractivity contribution >= 4 is 15.5 Å². The summed E-state index contributed by atoms with van der Waals surface area (Å²) in [5.74, 6) is -1.08. The van der Waals surface area contributed by atoms with Crippen LogP contribution in [0.4, 0.5) is 4.39 Å². The molecule has 2 heterocycles. The van der Waals surface area contributed by atoms with Crippen LogP contribution in [0, 0.1) is 17.1 Å². The minimum absolute atomic E-state index is 0.00536. The SMILES string of the molecule is CC(C)c1c(-c2ccc(S(C)(=O)=O)cc2F)nc2c(C#N)c[nH]n2c1=O. The number of aromatic nitrogens is 3. The number of nitriles is 1. The molecule has 0 bridgehead atoms. The van der Waals surface area contributed by atoms with Crippen LogP contribution in [-0.2, 0) is 9.84 Å². The van der Waals surface area contributed by atoms with Crippen LogP contribution in [0.15, 0.2) is 34.1 Å². The molecule has 1 aromatic carbocycles. The molecule has 3 rings (SSSR count). The molecule has 0 saturated heterocycles. The highest BCUT2D eigenvalue weighted by molar-refractivity contribution is 7.90. The third-order valence-corrected chi connectivity index (χ3v) is 5.13. The molecule has 26 heavy (non-hydrogen) atoms. The van der Waals surface area contributed by atoms with Gasteiger partial charge in [0, 0.05) is 23.6 Å². The highest BCUT2D eigenvalue weighted by Crippen LogP contribution is 2.29. The Morgan fingerprint density at radius 1 is 1.35 bits per heavy atom. The summed E-state index contributed by atoms with van der Waals surface area (Å²) in [6, 6.07) is 5.38. The summed E-state index contributed by atoms with van der Waals surface area (Å²) in [4.78, 5) is 17.0. The van der Waals surface area contributed by atoms with Crippen LogP contribution in [0.3, 0.4) is 0 Å². The van der Waals surface area contributed by atoms with Gasteiger partial charge in [-0.05, 0) is 24.1 Å². The zero-order valence-corrected chi connectivity index (χ0v) is 15.1. The van der Waals surface area contributed by atoms with Gasteiger partial charge in [-0.1, -0.05) is 13.8 Å². The number of fused-ring (bicyclic) bond motifs is 1. The Hall–Kier alpha value is -2.99. The number of hydrogen-bond acceptors (Lipinski definition) is 5. The molecule has 0 aliphatic heterocycles. The molecule has 134 valence electrons. The summed E-state index contributed by atoms with van der Waals surface area (Å²) < 4.78 is 39.0. The van der Waals surface area contributed by atoms with E-state index in [4.69, 9.17) is 5.26 Å². The molecule has 7 nitrogen and oxygen atoms in total. The molecule has 0 aliphatic rings. The van der Waals surface area contributed by atoms with Crippen LogP contribution in [0.5, 0.6) is 0 Å². The van der Waals surface area contributed by atoms with E-state index in [1.165, 1.54) is 18.3 Å². The fourth-order valence-corrected chi connectivity index (χ4v) is 3.39. The lowest BCUT2D eigenvalue weighted by Gasteiger charge is -2.13. The van der Waals surface area contributed by atoms with Crippen molar-refractivity contribution in [1.82, 2.24) is 14.6 Å². The van der Waals surface area contributed by atoms with E-state index in [-0.39, 0.29) is 38.8 Å². The maximum Gasteiger partial charge on any atom is 0.276 e. The number of nitrogens with one attached hydrogen (secondary N) is 1. The highest BCUT2D eigenvalue weighted by Gasteiger charge is 2.22. The van der Waals surface area contributed by atoms with E-state index >= 15 is 0 Å². The number of sulfone groups is 1. The Morgan fingerprint density at radius 3 is 2.58 bits per heavy atom. The van der Waals surface area contributed by atoms with Crippen LogP contribution in [-0.4, -0.2) is 29.3 Å². The maximum absolute atomic E-state index is 14.7. The predicted molar refractivity (Wildman–Crippen MR) is 93.1 cm³/mol. The van der Waals surface area contributed by atoms with E-state index in [1.54, 1.807) is 13.8 Å². The summed E-state index contributed by atoms with van der Waals surface area (Å²) in [7, 11) is -3.57. The molecule has 0 fully saturated rings. The van der Waals surface area contributed by atoms with Crippen molar-refractivity contribution in [2.75, 3.05) is 6.26 Å². The van der Waals surface area contributed by atoms with Crippen molar-refractivity contribution in [2.45, 2.75) is 24.7 Å². The van der Waals surface area contributed by atoms with Gasteiger partial charge >= 0.3 is 0 Å². The number of rotatable bonds is 3. The number of benzene rings is 1. The number of hydrogen-bond donors (Lipinski definition) is 1. The second-order valence-corrected chi connectivity index (χ2v) is 8.22. The Kier molecular flexibility index (Phi) is 4.16.